The Morgan fingerprint density at radius 1 is 1.15 bits per heavy atom. The van der Waals surface area contributed by atoms with E-state index in [4.69, 9.17) is 11.5 Å². The van der Waals surface area contributed by atoms with Crippen molar-refractivity contribution in [3.8, 4) is 5.75 Å². The Bertz CT molecular complexity index is 259. The van der Waals surface area contributed by atoms with Crippen molar-refractivity contribution in [2.24, 2.45) is 17.4 Å². The smallest absolute Gasteiger partial charge is 0.118 e. The van der Waals surface area contributed by atoms with E-state index >= 15 is 0 Å². The highest BCUT2D eigenvalue weighted by Gasteiger charge is 2.07. The van der Waals surface area contributed by atoms with Gasteiger partial charge in [-0.1, -0.05) is 18.2 Å². The molecular formula is C10H16N2O. The molecule has 0 aromatic heterocycles. The van der Waals surface area contributed by atoms with Crippen molar-refractivity contribution in [2.75, 3.05) is 13.1 Å². The fourth-order valence-corrected chi connectivity index (χ4v) is 1.26. The van der Waals surface area contributed by atoms with Crippen LogP contribution in [0.5, 0.6) is 5.75 Å². The van der Waals surface area contributed by atoms with Crippen LogP contribution in [0, 0.1) is 5.92 Å². The SMILES string of the molecule is NCC(CN)Cc1ccccc1O. The lowest BCUT2D eigenvalue weighted by atomic mass is 9.99. The first-order chi connectivity index (χ1) is 6.27. The topological polar surface area (TPSA) is 72.3 Å². The number of benzene rings is 1. The first-order valence-corrected chi connectivity index (χ1v) is 4.45. The highest BCUT2D eigenvalue weighted by Crippen LogP contribution is 2.18. The maximum absolute atomic E-state index is 9.47. The Labute approximate surface area is 78.4 Å². The van der Waals surface area contributed by atoms with Gasteiger partial charge in [-0.05, 0) is 37.1 Å². The summed E-state index contributed by atoms with van der Waals surface area (Å²) in [4.78, 5) is 0. The van der Waals surface area contributed by atoms with E-state index < -0.39 is 0 Å². The average Bonchev–Trinajstić information content (AvgIpc) is 2.17. The number of hydrogen-bond acceptors (Lipinski definition) is 3. The molecule has 0 aliphatic heterocycles. The Hall–Kier alpha value is -1.06. The standard InChI is InChI=1S/C10H16N2O/c11-6-8(7-12)5-9-3-1-2-4-10(9)13/h1-4,8,13H,5-7,11-12H2. The molecular weight excluding hydrogens is 164 g/mol. The number of nitrogens with two attached hydrogens (primary N) is 2. The number of rotatable bonds is 4. The van der Waals surface area contributed by atoms with Gasteiger partial charge in [-0.25, -0.2) is 0 Å². The second-order valence-corrected chi connectivity index (χ2v) is 3.17. The summed E-state index contributed by atoms with van der Waals surface area (Å²) in [5, 5.41) is 9.47. The summed E-state index contributed by atoms with van der Waals surface area (Å²) in [6.45, 7) is 1.12. The zero-order valence-corrected chi connectivity index (χ0v) is 7.61. The van der Waals surface area contributed by atoms with Gasteiger partial charge in [0.25, 0.3) is 0 Å². The zero-order chi connectivity index (χ0) is 9.68. The van der Waals surface area contributed by atoms with Crippen LogP contribution in [0.4, 0.5) is 0 Å². The van der Waals surface area contributed by atoms with Crippen molar-refractivity contribution >= 4 is 0 Å². The Kier molecular flexibility index (Phi) is 3.73. The van der Waals surface area contributed by atoms with E-state index in [1.807, 2.05) is 12.1 Å². The van der Waals surface area contributed by atoms with E-state index in [1.54, 1.807) is 12.1 Å². The molecule has 0 heterocycles. The van der Waals surface area contributed by atoms with Crippen LogP contribution in [0.3, 0.4) is 0 Å². The van der Waals surface area contributed by atoms with Crippen molar-refractivity contribution in [1.82, 2.24) is 0 Å². The van der Waals surface area contributed by atoms with Crippen LogP contribution in [-0.2, 0) is 6.42 Å². The van der Waals surface area contributed by atoms with E-state index in [2.05, 4.69) is 0 Å². The quantitative estimate of drug-likeness (QED) is 0.630. The molecule has 3 heteroatoms. The number of para-hydroxylation sites is 1. The van der Waals surface area contributed by atoms with Crippen LogP contribution in [0.2, 0.25) is 0 Å². The molecule has 0 bridgehead atoms. The molecule has 0 amide bonds. The van der Waals surface area contributed by atoms with Crippen molar-refractivity contribution in [1.29, 1.82) is 0 Å². The molecule has 0 fully saturated rings. The molecule has 1 rings (SSSR count). The molecule has 1 aromatic carbocycles. The van der Waals surface area contributed by atoms with Crippen LogP contribution in [-0.4, -0.2) is 18.2 Å². The molecule has 13 heavy (non-hydrogen) atoms. The van der Waals surface area contributed by atoms with Gasteiger partial charge >= 0.3 is 0 Å². The van der Waals surface area contributed by atoms with Gasteiger partial charge in [-0.15, -0.1) is 0 Å². The minimum Gasteiger partial charge on any atom is -0.508 e. The fourth-order valence-electron chi connectivity index (χ4n) is 1.26. The minimum atomic E-state index is 0.258. The van der Waals surface area contributed by atoms with Crippen LogP contribution in [0.1, 0.15) is 5.56 Å². The number of aromatic hydroxyl groups is 1. The van der Waals surface area contributed by atoms with E-state index in [0.29, 0.717) is 18.8 Å². The predicted molar refractivity (Wildman–Crippen MR) is 53.4 cm³/mol. The highest BCUT2D eigenvalue weighted by molar-refractivity contribution is 5.32. The Morgan fingerprint density at radius 2 is 1.77 bits per heavy atom. The van der Waals surface area contributed by atoms with Crippen molar-refractivity contribution in [3.63, 3.8) is 0 Å². The number of phenolic OH excluding ortho intramolecular Hbond substituents is 1. The molecule has 0 radical (unpaired) electrons. The molecule has 1 aromatic rings. The van der Waals surface area contributed by atoms with Crippen molar-refractivity contribution in [3.05, 3.63) is 29.8 Å². The van der Waals surface area contributed by atoms with E-state index in [1.165, 1.54) is 0 Å². The molecule has 0 aliphatic rings. The molecule has 0 spiro atoms. The molecule has 3 nitrogen and oxygen atoms in total. The molecule has 0 unspecified atom stereocenters. The summed E-state index contributed by atoms with van der Waals surface area (Å²) < 4.78 is 0. The van der Waals surface area contributed by atoms with E-state index in [-0.39, 0.29) is 5.92 Å². The molecule has 5 N–H and O–H groups in total. The Balaban J connectivity index is 2.67. The third kappa shape index (κ3) is 2.72. The summed E-state index contributed by atoms with van der Waals surface area (Å²) in [6, 6.07) is 7.28. The first kappa shape index (κ1) is 10.0. The molecule has 0 atom stereocenters. The summed E-state index contributed by atoms with van der Waals surface area (Å²) in [5.74, 6) is 0.586. The first-order valence-electron chi connectivity index (χ1n) is 4.45. The second kappa shape index (κ2) is 4.84. The summed E-state index contributed by atoms with van der Waals surface area (Å²) in [6.07, 6.45) is 0.750. The summed E-state index contributed by atoms with van der Waals surface area (Å²) in [5.41, 5.74) is 12.0. The van der Waals surface area contributed by atoms with Crippen molar-refractivity contribution < 1.29 is 5.11 Å². The molecule has 72 valence electrons. The highest BCUT2D eigenvalue weighted by atomic mass is 16.3. The maximum Gasteiger partial charge on any atom is 0.118 e. The molecule has 0 aliphatic carbocycles. The van der Waals surface area contributed by atoms with Gasteiger partial charge < -0.3 is 16.6 Å². The summed E-state index contributed by atoms with van der Waals surface area (Å²) in [7, 11) is 0. The van der Waals surface area contributed by atoms with Crippen molar-refractivity contribution in [2.45, 2.75) is 6.42 Å². The minimum absolute atomic E-state index is 0.258. The third-order valence-corrected chi connectivity index (χ3v) is 2.17. The van der Waals surface area contributed by atoms with Gasteiger partial charge in [-0.2, -0.15) is 0 Å². The zero-order valence-electron chi connectivity index (χ0n) is 7.61. The third-order valence-electron chi connectivity index (χ3n) is 2.17. The fraction of sp³-hybridized carbons (Fsp3) is 0.400. The van der Waals surface area contributed by atoms with Gasteiger partial charge in [0.15, 0.2) is 0 Å². The van der Waals surface area contributed by atoms with Crippen LogP contribution < -0.4 is 11.5 Å². The summed E-state index contributed by atoms with van der Waals surface area (Å²) >= 11 is 0. The average molecular weight is 180 g/mol. The van der Waals surface area contributed by atoms with Gasteiger partial charge in [0, 0.05) is 0 Å². The van der Waals surface area contributed by atoms with Crippen LogP contribution in [0.15, 0.2) is 24.3 Å². The predicted octanol–water partition coefficient (Wildman–Crippen LogP) is 0.468. The monoisotopic (exact) mass is 180 g/mol. The van der Waals surface area contributed by atoms with Gasteiger partial charge in [0.2, 0.25) is 0 Å². The van der Waals surface area contributed by atoms with Gasteiger partial charge in [0.05, 0.1) is 0 Å². The molecule has 0 saturated carbocycles. The lowest BCUT2D eigenvalue weighted by Gasteiger charge is -2.12. The Morgan fingerprint density at radius 3 is 2.31 bits per heavy atom. The maximum atomic E-state index is 9.47. The molecule has 0 saturated heterocycles. The number of phenols is 1. The van der Waals surface area contributed by atoms with Crippen LogP contribution in [0.25, 0.3) is 0 Å². The van der Waals surface area contributed by atoms with E-state index in [0.717, 1.165) is 12.0 Å². The van der Waals surface area contributed by atoms with E-state index in [9.17, 15) is 5.11 Å². The van der Waals surface area contributed by atoms with Gasteiger partial charge in [-0.3, -0.25) is 0 Å². The largest absolute Gasteiger partial charge is 0.508 e. The van der Waals surface area contributed by atoms with Crippen LogP contribution >= 0.6 is 0 Å². The second-order valence-electron chi connectivity index (χ2n) is 3.17. The number of hydrogen-bond donors (Lipinski definition) is 3. The van der Waals surface area contributed by atoms with Gasteiger partial charge in [0.1, 0.15) is 5.75 Å². The normalized spacial score (nSPS) is 10.7. The lowest BCUT2D eigenvalue weighted by molar-refractivity contribution is 0.456. The lowest BCUT2D eigenvalue weighted by Crippen LogP contribution is -2.25.